The summed E-state index contributed by atoms with van der Waals surface area (Å²) >= 11 is 8.21. The first kappa shape index (κ1) is 17.1. The predicted octanol–water partition coefficient (Wildman–Crippen LogP) is 3.55. The highest BCUT2D eigenvalue weighted by molar-refractivity contribution is 7.10. The summed E-state index contributed by atoms with van der Waals surface area (Å²) in [7, 11) is 0. The molecule has 1 saturated carbocycles. The van der Waals surface area contributed by atoms with E-state index in [1.165, 1.54) is 28.2 Å². The third-order valence-corrected chi connectivity index (χ3v) is 6.70. The van der Waals surface area contributed by atoms with Crippen molar-refractivity contribution < 1.29 is 9.69 Å². The number of rotatable bonds is 4. The summed E-state index contributed by atoms with van der Waals surface area (Å²) in [5.74, 6) is 0.814. The van der Waals surface area contributed by atoms with E-state index >= 15 is 0 Å². The minimum atomic E-state index is 0.0631. The summed E-state index contributed by atoms with van der Waals surface area (Å²) in [6, 6.07) is 6.74. The summed E-state index contributed by atoms with van der Waals surface area (Å²) in [6.45, 7) is 5.57. The van der Waals surface area contributed by atoms with Gasteiger partial charge in [0.2, 0.25) is 0 Å². The molecule has 1 aliphatic carbocycles. The molecular formula is C20H24ClN2OS+. The number of aryl methyl sites for hydroxylation is 2. The average molecular weight is 376 g/mol. The zero-order chi connectivity index (χ0) is 17.6. The fraction of sp³-hybridized carbons (Fsp3) is 0.450. The van der Waals surface area contributed by atoms with Crippen LogP contribution >= 0.6 is 22.9 Å². The van der Waals surface area contributed by atoms with E-state index in [4.69, 9.17) is 11.6 Å². The van der Waals surface area contributed by atoms with Gasteiger partial charge in [0.1, 0.15) is 6.04 Å². The predicted molar refractivity (Wildman–Crippen MR) is 104 cm³/mol. The molecule has 1 aromatic heterocycles. The molecule has 2 aromatic rings. The summed E-state index contributed by atoms with van der Waals surface area (Å²) < 4.78 is 0. The van der Waals surface area contributed by atoms with Gasteiger partial charge in [0, 0.05) is 22.8 Å². The van der Waals surface area contributed by atoms with Crippen molar-refractivity contribution in [1.29, 1.82) is 0 Å². The largest absolute Gasteiger partial charge is 0.320 e. The van der Waals surface area contributed by atoms with Crippen molar-refractivity contribution in [2.45, 2.75) is 39.2 Å². The van der Waals surface area contributed by atoms with E-state index < -0.39 is 0 Å². The van der Waals surface area contributed by atoms with Gasteiger partial charge >= 0.3 is 0 Å². The number of hydrogen-bond acceptors (Lipinski definition) is 2. The number of quaternary nitrogens is 1. The molecule has 1 fully saturated rings. The minimum absolute atomic E-state index is 0.0631. The highest BCUT2D eigenvalue weighted by atomic mass is 35.5. The van der Waals surface area contributed by atoms with Crippen LogP contribution in [0.3, 0.4) is 0 Å². The van der Waals surface area contributed by atoms with E-state index in [1.807, 2.05) is 31.3 Å². The molecule has 2 N–H and O–H groups in total. The van der Waals surface area contributed by atoms with Gasteiger partial charge in [-0.05, 0) is 55.3 Å². The van der Waals surface area contributed by atoms with Crippen LogP contribution in [0.5, 0.6) is 0 Å². The zero-order valence-corrected chi connectivity index (χ0v) is 16.3. The van der Waals surface area contributed by atoms with Crippen LogP contribution in [-0.2, 0) is 11.2 Å². The van der Waals surface area contributed by atoms with Gasteiger partial charge < -0.3 is 10.2 Å². The molecule has 2 aliphatic rings. The molecule has 0 radical (unpaired) electrons. The Bertz CT molecular complexity index is 789. The Morgan fingerprint density at radius 2 is 2.16 bits per heavy atom. The maximum absolute atomic E-state index is 12.7. The molecule has 25 heavy (non-hydrogen) atoms. The minimum Gasteiger partial charge on any atom is -0.320 e. The normalized spacial score (nSPS) is 22.5. The van der Waals surface area contributed by atoms with Crippen molar-refractivity contribution >= 4 is 34.5 Å². The van der Waals surface area contributed by atoms with Gasteiger partial charge in [-0.15, -0.1) is 11.3 Å². The molecule has 1 aliphatic heterocycles. The number of amides is 1. The number of carbonyl (C=O) groups excluding carboxylic acids is 1. The number of thiophene rings is 1. The number of fused-ring (bicyclic) bond motifs is 1. The first-order valence-corrected chi connectivity index (χ1v) is 10.3. The van der Waals surface area contributed by atoms with Crippen LogP contribution in [0, 0.1) is 19.8 Å². The third-order valence-electron chi connectivity index (χ3n) is 5.41. The van der Waals surface area contributed by atoms with E-state index in [2.05, 4.69) is 22.8 Å². The molecule has 1 aromatic carbocycles. The lowest BCUT2D eigenvalue weighted by atomic mass is 9.96. The number of hydrogen-bond donors (Lipinski definition) is 2. The quantitative estimate of drug-likeness (QED) is 0.841. The Hall–Kier alpha value is -1.36. The molecular weight excluding hydrogens is 352 g/mol. The van der Waals surface area contributed by atoms with E-state index in [1.54, 1.807) is 0 Å². The SMILES string of the molecule is Cc1cc(C)c(NC(=O)C[NH+]2CCc3sccc3[C@@H]2C2CC2)c(Cl)c1. The second-order valence-electron chi connectivity index (χ2n) is 7.44. The van der Waals surface area contributed by atoms with Gasteiger partial charge in [-0.2, -0.15) is 0 Å². The molecule has 2 atom stereocenters. The fourth-order valence-electron chi connectivity index (χ4n) is 4.16. The van der Waals surface area contributed by atoms with Crippen LogP contribution in [0.4, 0.5) is 5.69 Å². The lowest BCUT2D eigenvalue weighted by Crippen LogP contribution is -3.14. The number of carbonyl (C=O) groups is 1. The Labute approximate surface area is 158 Å². The molecule has 2 heterocycles. The molecule has 1 unspecified atom stereocenters. The summed E-state index contributed by atoms with van der Waals surface area (Å²) in [5, 5.41) is 5.89. The Morgan fingerprint density at radius 1 is 1.36 bits per heavy atom. The molecule has 132 valence electrons. The maximum atomic E-state index is 12.7. The van der Waals surface area contributed by atoms with E-state index in [0.717, 1.165) is 35.7 Å². The van der Waals surface area contributed by atoms with Crippen LogP contribution in [0.2, 0.25) is 5.02 Å². The van der Waals surface area contributed by atoms with E-state index in [0.29, 0.717) is 17.6 Å². The highest BCUT2D eigenvalue weighted by Gasteiger charge is 2.43. The fourth-order valence-corrected chi connectivity index (χ4v) is 5.46. The second kappa shape index (κ2) is 6.75. The second-order valence-corrected chi connectivity index (χ2v) is 8.84. The summed E-state index contributed by atoms with van der Waals surface area (Å²) in [4.78, 5) is 15.7. The van der Waals surface area contributed by atoms with Gasteiger partial charge in [0.05, 0.1) is 17.3 Å². The van der Waals surface area contributed by atoms with Gasteiger partial charge in [0.15, 0.2) is 6.54 Å². The van der Waals surface area contributed by atoms with Crippen LogP contribution in [0.15, 0.2) is 23.6 Å². The van der Waals surface area contributed by atoms with Crippen molar-refractivity contribution in [3.05, 3.63) is 50.2 Å². The van der Waals surface area contributed by atoms with Gasteiger partial charge in [-0.3, -0.25) is 4.79 Å². The number of anilines is 1. The zero-order valence-electron chi connectivity index (χ0n) is 14.7. The van der Waals surface area contributed by atoms with Crippen molar-refractivity contribution in [3.8, 4) is 0 Å². The van der Waals surface area contributed by atoms with Crippen LogP contribution in [-0.4, -0.2) is 19.0 Å². The molecule has 4 rings (SSSR count). The van der Waals surface area contributed by atoms with Crippen LogP contribution in [0.1, 0.15) is 40.5 Å². The van der Waals surface area contributed by atoms with E-state index in [-0.39, 0.29) is 5.91 Å². The van der Waals surface area contributed by atoms with Crippen molar-refractivity contribution in [1.82, 2.24) is 0 Å². The smallest absolute Gasteiger partial charge is 0.279 e. The van der Waals surface area contributed by atoms with Crippen molar-refractivity contribution in [2.24, 2.45) is 5.92 Å². The number of nitrogens with one attached hydrogen (secondary N) is 2. The number of benzene rings is 1. The summed E-state index contributed by atoms with van der Waals surface area (Å²) in [6.07, 6.45) is 3.69. The topological polar surface area (TPSA) is 33.5 Å². The lowest BCUT2D eigenvalue weighted by molar-refractivity contribution is -0.928. The van der Waals surface area contributed by atoms with Crippen LogP contribution in [0.25, 0.3) is 0 Å². The highest BCUT2D eigenvalue weighted by Crippen LogP contribution is 2.42. The standard InChI is InChI=1S/C20H23ClN2OS/c1-12-9-13(2)19(16(21)10-12)22-18(24)11-23-7-5-17-15(6-8-25-17)20(23)14-3-4-14/h6,8-10,14,20H,3-5,7,11H2,1-2H3,(H,22,24)/p+1/t20-/m0/s1. The molecule has 0 spiro atoms. The molecule has 0 bridgehead atoms. The third kappa shape index (κ3) is 3.48. The summed E-state index contributed by atoms with van der Waals surface area (Å²) in [5.41, 5.74) is 4.38. The Balaban J connectivity index is 1.49. The molecule has 5 heteroatoms. The molecule has 3 nitrogen and oxygen atoms in total. The van der Waals surface area contributed by atoms with Gasteiger partial charge in [-0.1, -0.05) is 17.7 Å². The lowest BCUT2D eigenvalue weighted by Gasteiger charge is -2.32. The van der Waals surface area contributed by atoms with Crippen LogP contribution < -0.4 is 10.2 Å². The van der Waals surface area contributed by atoms with Crippen molar-refractivity contribution in [3.63, 3.8) is 0 Å². The first-order chi connectivity index (χ1) is 12.0. The average Bonchev–Trinajstić information content (AvgIpc) is 3.27. The van der Waals surface area contributed by atoms with Crippen molar-refractivity contribution in [2.75, 3.05) is 18.4 Å². The van der Waals surface area contributed by atoms with Gasteiger partial charge in [-0.25, -0.2) is 0 Å². The monoisotopic (exact) mass is 375 g/mol. The number of halogens is 1. The van der Waals surface area contributed by atoms with E-state index in [9.17, 15) is 4.79 Å². The Morgan fingerprint density at radius 3 is 2.88 bits per heavy atom. The Kier molecular flexibility index (Phi) is 4.61. The van der Waals surface area contributed by atoms with Gasteiger partial charge in [0.25, 0.3) is 5.91 Å². The maximum Gasteiger partial charge on any atom is 0.279 e. The molecule has 0 saturated heterocycles. The molecule has 1 amide bonds. The first-order valence-electron chi connectivity index (χ1n) is 9.00.